The van der Waals surface area contributed by atoms with E-state index >= 15 is 0 Å². The molecule has 0 saturated carbocycles. The first kappa shape index (κ1) is 13.6. The Balaban J connectivity index is 3.03. The minimum absolute atomic E-state index is 0.0289. The maximum absolute atomic E-state index is 12.5. The number of carbonyl (C=O) groups is 1. The van der Waals surface area contributed by atoms with Crippen molar-refractivity contribution in [3.8, 4) is 5.75 Å². The third-order valence-electron chi connectivity index (χ3n) is 1.91. The first-order valence-electron chi connectivity index (χ1n) is 4.77. The van der Waals surface area contributed by atoms with Gasteiger partial charge in [0.25, 0.3) is 6.43 Å². The monoisotopic (exact) mass is 265 g/mol. The van der Waals surface area contributed by atoms with Crippen LogP contribution in [0.4, 0.5) is 8.78 Å². The van der Waals surface area contributed by atoms with Crippen LogP contribution >= 0.6 is 11.6 Å². The molecule has 1 aromatic heterocycles. The van der Waals surface area contributed by atoms with Crippen molar-refractivity contribution in [3.05, 3.63) is 22.5 Å². The van der Waals surface area contributed by atoms with Gasteiger partial charge in [-0.1, -0.05) is 11.6 Å². The fourth-order valence-corrected chi connectivity index (χ4v) is 1.45. The molecule has 94 valence electrons. The van der Waals surface area contributed by atoms with Gasteiger partial charge in [-0.05, 0) is 13.0 Å². The smallest absolute Gasteiger partial charge is 0.310 e. The molecule has 0 aliphatic heterocycles. The lowest BCUT2D eigenvalue weighted by molar-refractivity contribution is -0.142. The second-order valence-electron chi connectivity index (χ2n) is 3.12. The number of alkyl halides is 2. The number of nitrogens with zero attached hydrogens (tertiary/aromatic N) is 1. The number of aromatic hydroxyl groups is 1. The molecule has 0 unspecified atom stereocenters. The fraction of sp³-hybridized carbons (Fsp3) is 0.400. The predicted octanol–water partition coefficient (Wildman–Crippen LogP) is 2.48. The van der Waals surface area contributed by atoms with Crippen LogP contribution in [0.2, 0.25) is 5.15 Å². The molecule has 1 aromatic rings. The van der Waals surface area contributed by atoms with Gasteiger partial charge < -0.3 is 9.84 Å². The van der Waals surface area contributed by atoms with Crippen LogP contribution in [0.15, 0.2) is 6.07 Å². The van der Waals surface area contributed by atoms with Gasteiger partial charge in [-0.25, -0.2) is 13.8 Å². The molecule has 0 aliphatic rings. The molecule has 0 bridgehead atoms. The Bertz CT molecular complexity index is 426. The van der Waals surface area contributed by atoms with Gasteiger partial charge in [0.05, 0.1) is 13.0 Å². The van der Waals surface area contributed by atoms with Crippen molar-refractivity contribution < 1.29 is 23.4 Å². The van der Waals surface area contributed by atoms with Crippen molar-refractivity contribution in [2.75, 3.05) is 6.61 Å². The molecule has 0 spiro atoms. The number of esters is 1. The normalized spacial score (nSPS) is 10.6. The number of rotatable bonds is 4. The molecular formula is C10H10ClF2NO3. The Labute approximate surface area is 101 Å². The Hall–Kier alpha value is -1.43. The summed E-state index contributed by atoms with van der Waals surface area (Å²) in [5.74, 6) is -1.36. The van der Waals surface area contributed by atoms with Crippen LogP contribution in [0.5, 0.6) is 5.75 Å². The molecule has 0 radical (unpaired) electrons. The van der Waals surface area contributed by atoms with Gasteiger partial charge in [-0.15, -0.1) is 0 Å². The zero-order valence-corrected chi connectivity index (χ0v) is 9.67. The molecule has 1 rings (SSSR count). The molecular weight excluding hydrogens is 256 g/mol. The summed E-state index contributed by atoms with van der Waals surface area (Å²) in [6, 6.07) is 1.15. The molecule has 17 heavy (non-hydrogen) atoms. The van der Waals surface area contributed by atoms with Crippen LogP contribution in [0.3, 0.4) is 0 Å². The topological polar surface area (TPSA) is 59.4 Å². The van der Waals surface area contributed by atoms with Crippen molar-refractivity contribution in [3.63, 3.8) is 0 Å². The summed E-state index contributed by atoms with van der Waals surface area (Å²) in [6.45, 7) is 1.78. The second kappa shape index (κ2) is 5.77. The first-order valence-corrected chi connectivity index (χ1v) is 5.15. The third kappa shape index (κ3) is 3.52. The van der Waals surface area contributed by atoms with E-state index in [1.807, 2.05) is 0 Å². The summed E-state index contributed by atoms with van der Waals surface area (Å²) in [5.41, 5.74) is -0.865. The van der Waals surface area contributed by atoms with Gasteiger partial charge in [0.2, 0.25) is 0 Å². The van der Waals surface area contributed by atoms with Crippen LogP contribution in [0.25, 0.3) is 0 Å². The van der Waals surface area contributed by atoms with Gasteiger partial charge in [-0.3, -0.25) is 4.79 Å². The number of aromatic nitrogens is 1. The zero-order chi connectivity index (χ0) is 13.0. The fourth-order valence-electron chi connectivity index (χ4n) is 1.23. The first-order chi connectivity index (χ1) is 7.95. The number of hydrogen-bond acceptors (Lipinski definition) is 4. The van der Waals surface area contributed by atoms with Crippen LogP contribution in [-0.4, -0.2) is 22.7 Å². The molecule has 0 fully saturated rings. The van der Waals surface area contributed by atoms with E-state index in [9.17, 15) is 18.7 Å². The van der Waals surface area contributed by atoms with Crippen molar-refractivity contribution in [1.82, 2.24) is 4.98 Å². The number of halogens is 3. The van der Waals surface area contributed by atoms with Gasteiger partial charge in [0.15, 0.2) is 0 Å². The molecule has 1 N–H and O–H groups in total. The maximum Gasteiger partial charge on any atom is 0.310 e. The molecule has 7 heteroatoms. The predicted molar refractivity (Wildman–Crippen MR) is 56.2 cm³/mol. The summed E-state index contributed by atoms with van der Waals surface area (Å²) < 4.78 is 29.6. The van der Waals surface area contributed by atoms with Crippen molar-refractivity contribution >= 4 is 17.6 Å². The summed E-state index contributed by atoms with van der Waals surface area (Å²) in [7, 11) is 0. The highest BCUT2D eigenvalue weighted by atomic mass is 35.5. The van der Waals surface area contributed by atoms with Gasteiger partial charge >= 0.3 is 5.97 Å². The molecule has 0 aliphatic carbocycles. The summed E-state index contributed by atoms with van der Waals surface area (Å²) in [4.78, 5) is 14.5. The Morgan fingerprint density at radius 3 is 2.82 bits per heavy atom. The highest BCUT2D eigenvalue weighted by Crippen LogP contribution is 2.31. The van der Waals surface area contributed by atoms with Gasteiger partial charge in [-0.2, -0.15) is 0 Å². The van der Waals surface area contributed by atoms with E-state index < -0.39 is 23.8 Å². The third-order valence-corrected chi connectivity index (χ3v) is 2.11. The Kier molecular flexibility index (Phi) is 4.62. The largest absolute Gasteiger partial charge is 0.506 e. The molecule has 0 atom stereocenters. The van der Waals surface area contributed by atoms with Gasteiger partial charge in [0.1, 0.15) is 16.6 Å². The Morgan fingerprint density at radius 1 is 1.65 bits per heavy atom. The maximum atomic E-state index is 12.5. The zero-order valence-electron chi connectivity index (χ0n) is 8.91. The lowest BCUT2D eigenvalue weighted by atomic mass is 10.1. The minimum Gasteiger partial charge on any atom is -0.506 e. The van der Waals surface area contributed by atoms with E-state index in [2.05, 4.69) is 9.72 Å². The van der Waals surface area contributed by atoms with Crippen molar-refractivity contribution in [1.29, 1.82) is 0 Å². The van der Waals surface area contributed by atoms with Crippen molar-refractivity contribution in [2.24, 2.45) is 0 Å². The van der Waals surface area contributed by atoms with E-state index in [1.165, 1.54) is 0 Å². The molecule has 0 aromatic carbocycles. The van der Waals surface area contributed by atoms with Crippen LogP contribution in [-0.2, 0) is 16.0 Å². The van der Waals surface area contributed by atoms with Crippen LogP contribution in [0.1, 0.15) is 24.6 Å². The van der Waals surface area contributed by atoms with E-state index in [-0.39, 0.29) is 23.7 Å². The molecule has 0 amide bonds. The van der Waals surface area contributed by atoms with E-state index in [0.29, 0.717) is 0 Å². The lowest BCUT2D eigenvalue weighted by Crippen LogP contribution is -2.08. The SMILES string of the molecule is CCOC(=O)Cc1cc(Cl)nc(C(F)F)c1O. The summed E-state index contributed by atoms with van der Waals surface area (Å²) in [5, 5.41) is 9.28. The molecule has 0 saturated heterocycles. The quantitative estimate of drug-likeness (QED) is 0.671. The average Bonchev–Trinajstić information content (AvgIpc) is 2.22. The number of carbonyl (C=O) groups excluding carboxylic acids is 1. The van der Waals surface area contributed by atoms with Crippen LogP contribution < -0.4 is 0 Å². The highest BCUT2D eigenvalue weighted by molar-refractivity contribution is 6.29. The molecule has 4 nitrogen and oxygen atoms in total. The molecule has 1 heterocycles. The van der Waals surface area contributed by atoms with Crippen LogP contribution in [0, 0.1) is 0 Å². The number of ether oxygens (including phenoxy) is 1. The number of hydrogen-bond donors (Lipinski definition) is 1. The highest BCUT2D eigenvalue weighted by Gasteiger charge is 2.20. The van der Waals surface area contributed by atoms with E-state index in [0.717, 1.165) is 6.07 Å². The average molecular weight is 266 g/mol. The van der Waals surface area contributed by atoms with E-state index in [4.69, 9.17) is 11.6 Å². The lowest BCUT2D eigenvalue weighted by Gasteiger charge is -2.09. The Morgan fingerprint density at radius 2 is 2.29 bits per heavy atom. The summed E-state index contributed by atoms with van der Waals surface area (Å²) in [6.07, 6.45) is -3.30. The van der Waals surface area contributed by atoms with Crippen molar-refractivity contribution in [2.45, 2.75) is 19.8 Å². The van der Waals surface area contributed by atoms with Gasteiger partial charge in [0, 0.05) is 5.56 Å². The second-order valence-corrected chi connectivity index (χ2v) is 3.51. The standard InChI is InChI=1S/C10H10ClF2NO3/c1-2-17-7(15)4-5-3-6(11)14-8(9(5)16)10(12)13/h3,10,16H,2,4H2,1H3. The van der Waals surface area contributed by atoms with E-state index in [1.54, 1.807) is 6.92 Å². The number of pyridine rings is 1. The minimum atomic E-state index is -2.96. The summed E-state index contributed by atoms with van der Waals surface area (Å²) >= 11 is 5.52.